The van der Waals surface area contributed by atoms with E-state index in [1.165, 1.54) is 21.8 Å². The van der Waals surface area contributed by atoms with Crippen LogP contribution in [0, 0.1) is 0 Å². The molecule has 1 heterocycles. The first-order valence-corrected chi connectivity index (χ1v) is 11.3. The fourth-order valence-electron chi connectivity index (χ4n) is 2.74. The average molecular weight is 434 g/mol. The Hall–Kier alpha value is -2.00. The van der Waals surface area contributed by atoms with Crippen LogP contribution >= 0.6 is 21.8 Å². The molecule has 6 nitrogen and oxygen atoms in total. The maximum atomic E-state index is 13.2. The molecule has 0 radical (unpaired) electrons. The molecule has 0 spiro atoms. The van der Waals surface area contributed by atoms with Gasteiger partial charge in [0.05, 0.1) is 27.4 Å². The Morgan fingerprint density at radius 3 is 1.72 bits per heavy atom. The topological polar surface area (TPSA) is 65.1 Å². The van der Waals surface area contributed by atoms with E-state index in [0.29, 0.717) is 35.8 Å². The lowest BCUT2D eigenvalue weighted by Gasteiger charge is -2.26. The van der Waals surface area contributed by atoms with Crippen molar-refractivity contribution >= 4 is 33.3 Å². The number of ketones is 2. The Bertz CT molecular complexity index is 760. The first kappa shape index (κ1) is 21.7. The minimum absolute atomic E-state index is 0.223. The van der Waals surface area contributed by atoms with E-state index < -0.39 is 5.25 Å². The molecule has 1 aliphatic heterocycles. The van der Waals surface area contributed by atoms with E-state index >= 15 is 0 Å². The lowest BCUT2D eigenvalue weighted by atomic mass is 10.0. The molecule has 154 valence electrons. The standard InChI is InChI=1S/C21H23NO5S2/c1-25-17-7-3-15(4-8-17)19(23)21(28-29-22-11-13-27-14-12-22)20(24)16-5-9-18(26-2)10-6-16/h3-10,21H,11-14H2,1-2H3. The molecule has 1 fully saturated rings. The van der Waals surface area contributed by atoms with E-state index in [-0.39, 0.29) is 11.6 Å². The number of carbonyl (C=O) groups excluding carboxylic acids is 2. The molecule has 0 N–H and O–H groups in total. The van der Waals surface area contributed by atoms with Crippen molar-refractivity contribution in [3.63, 3.8) is 0 Å². The van der Waals surface area contributed by atoms with Crippen LogP contribution in [0.2, 0.25) is 0 Å². The fraction of sp³-hybridized carbons (Fsp3) is 0.333. The predicted molar refractivity (Wildman–Crippen MR) is 116 cm³/mol. The van der Waals surface area contributed by atoms with Gasteiger partial charge in [0.25, 0.3) is 0 Å². The SMILES string of the molecule is COc1ccc(C(=O)C(SSN2CCOCC2)C(=O)c2ccc(OC)cc2)cc1. The summed E-state index contributed by atoms with van der Waals surface area (Å²) in [5.74, 6) is 0.878. The molecule has 1 aliphatic rings. The second-order valence-corrected chi connectivity index (χ2v) is 8.63. The lowest BCUT2D eigenvalue weighted by molar-refractivity contribution is 0.0779. The molecular formula is C21H23NO5S2. The van der Waals surface area contributed by atoms with E-state index in [1.807, 2.05) is 0 Å². The zero-order valence-corrected chi connectivity index (χ0v) is 18.0. The van der Waals surface area contributed by atoms with Gasteiger partial charge in [0, 0.05) is 24.2 Å². The second-order valence-electron chi connectivity index (χ2n) is 6.28. The Morgan fingerprint density at radius 1 is 0.862 bits per heavy atom. The maximum Gasteiger partial charge on any atom is 0.184 e. The average Bonchev–Trinajstić information content (AvgIpc) is 2.79. The summed E-state index contributed by atoms with van der Waals surface area (Å²) in [4.78, 5) is 26.4. The molecule has 0 unspecified atom stereocenters. The fourth-order valence-corrected chi connectivity index (χ4v) is 5.29. The number of ether oxygens (including phenoxy) is 3. The minimum Gasteiger partial charge on any atom is -0.497 e. The third-order valence-electron chi connectivity index (χ3n) is 4.44. The van der Waals surface area contributed by atoms with Crippen LogP contribution < -0.4 is 9.47 Å². The van der Waals surface area contributed by atoms with E-state index in [1.54, 1.807) is 62.8 Å². The molecule has 0 bridgehead atoms. The molecule has 2 aromatic rings. The van der Waals surface area contributed by atoms with Gasteiger partial charge in [0.15, 0.2) is 11.6 Å². The Kier molecular flexibility index (Phi) is 8.00. The van der Waals surface area contributed by atoms with E-state index in [9.17, 15) is 9.59 Å². The third-order valence-corrected chi connectivity index (χ3v) is 7.19. The molecule has 29 heavy (non-hydrogen) atoms. The van der Waals surface area contributed by atoms with Gasteiger partial charge in [-0.1, -0.05) is 10.8 Å². The van der Waals surface area contributed by atoms with Crippen molar-refractivity contribution in [2.75, 3.05) is 40.5 Å². The van der Waals surface area contributed by atoms with Crippen LogP contribution in [0.1, 0.15) is 20.7 Å². The summed E-state index contributed by atoms with van der Waals surface area (Å²) in [6.45, 7) is 2.82. The van der Waals surface area contributed by atoms with Gasteiger partial charge in [0.1, 0.15) is 16.7 Å². The van der Waals surface area contributed by atoms with Gasteiger partial charge < -0.3 is 14.2 Å². The third kappa shape index (κ3) is 5.76. The summed E-state index contributed by atoms with van der Waals surface area (Å²) in [7, 11) is 5.87. The largest absolute Gasteiger partial charge is 0.497 e. The van der Waals surface area contributed by atoms with Crippen LogP contribution in [0.4, 0.5) is 0 Å². The Balaban J connectivity index is 1.80. The Morgan fingerprint density at radius 2 is 1.31 bits per heavy atom. The van der Waals surface area contributed by atoms with Crippen molar-refractivity contribution in [1.82, 2.24) is 4.31 Å². The van der Waals surface area contributed by atoms with Crippen LogP contribution in [-0.2, 0) is 4.74 Å². The molecule has 0 saturated carbocycles. The van der Waals surface area contributed by atoms with Crippen molar-refractivity contribution in [3.8, 4) is 11.5 Å². The van der Waals surface area contributed by atoms with Crippen LogP contribution in [0.3, 0.4) is 0 Å². The number of nitrogens with zero attached hydrogens (tertiary/aromatic N) is 1. The number of benzene rings is 2. The van der Waals surface area contributed by atoms with Crippen LogP contribution in [0.5, 0.6) is 11.5 Å². The molecule has 0 amide bonds. The van der Waals surface area contributed by atoms with Gasteiger partial charge in [-0.2, -0.15) is 0 Å². The van der Waals surface area contributed by atoms with Gasteiger partial charge >= 0.3 is 0 Å². The summed E-state index contributed by atoms with van der Waals surface area (Å²) in [5, 5.41) is -0.857. The smallest absolute Gasteiger partial charge is 0.184 e. The summed E-state index contributed by atoms with van der Waals surface area (Å²) in [6, 6.07) is 13.7. The zero-order chi connectivity index (χ0) is 20.6. The first-order valence-electron chi connectivity index (χ1n) is 9.15. The monoisotopic (exact) mass is 433 g/mol. The number of morpholine rings is 1. The zero-order valence-electron chi connectivity index (χ0n) is 16.3. The van der Waals surface area contributed by atoms with Crippen molar-refractivity contribution in [1.29, 1.82) is 0 Å². The van der Waals surface area contributed by atoms with Crippen LogP contribution in [0.25, 0.3) is 0 Å². The van der Waals surface area contributed by atoms with E-state index in [4.69, 9.17) is 14.2 Å². The molecule has 0 atom stereocenters. The Labute approximate surface area is 178 Å². The van der Waals surface area contributed by atoms with E-state index in [0.717, 1.165) is 13.1 Å². The highest BCUT2D eigenvalue weighted by Gasteiger charge is 2.31. The lowest BCUT2D eigenvalue weighted by Crippen LogP contribution is -2.32. The van der Waals surface area contributed by atoms with Gasteiger partial charge in [-0.05, 0) is 59.5 Å². The van der Waals surface area contributed by atoms with Gasteiger partial charge in [-0.25, -0.2) is 4.31 Å². The molecule has 2 aromatic carbocycles. The highest BCUT2D eigenvalue weighted by Crippen LogP contribution is 2.35. The van der Waals surface area contributed by atoms with Crippen molar-refractivity contribution in [3.05, 3.63) is 59.7 Å². The van der Waals surface area contributed by atoms with Gasteiger partial charge in [0.2, 0.25) is 0 Å². The van der Waals surface area contributed by atoms with Gasteiger partial charge in [-0.3, -0.25) is 9.59 Å². The number of methoxy groups -OCH3 is 2. The molecule has 1 saturated heterocycles. The number of hydrogen-bond acceptors (Lipinski definition) is 8. The van der Waals surface area contributed by atoms with Crippen molar-refractivity contribution in [2.24, 2.45) is 0 Å². The molecule has 8 heteroatoms. The first-order chi connectivity index (χ1) is 14.1. The number of Topliss-reactive ketones (excluding diaryl/α,β-unsaturated/α-hetero) is 2. The molecular weight excluding hydrogens is 410 g/mol. The van der Waals surface area contributed by atoms with E-state index in [2.05, 4.69) is 4.31 Å². The second kappa shape index (κ2) is 10.7. The number of rotatable bonds is 9. The highest BCUT2D eigenvalue weighted by molar-refractivity contribution is 8.76. The number of hydrogen-bond donors (Lipinski definition) is 0. The number of carbonyl (C=O) groups is 2. The van der Waals surface area contributed by atoms with Crippen molar-refractivity contribution in [2.45, 2.75) is 5.25 Å². The normalized spacial score (nSPS) is 14.6. The predicted octanol–water partition coefficient (Wildman–Crippen LogP) is 3.77. The molecule has 3 rings (SSSR count). The van der Waals surface area contributed by atoms with Crippen LogP contribution in [-0.4, -0.2) is 61.6 Å². The summed E-state index contributed by atoms with van der Waals surface area (Å²) >= 11 is 0. The summed E-state index contributed by atoms with van der Waals surface area (Å²) in [6.07, 6.45) is 0. The summed E-state index contributed by atoms with van der Waals surface area (Å²) < 4.78 is 17.8. The van der Waals surface area contributed by atoms with Crippen molar-refractivity contribution < 1.29 is 23.8 Å². The minimum atomic E-state index is -0.857. The van der Waals surface area contributed by atoms with Gasteiger partial charge in [-0.15, -0.1) is 0 Å². The highest BCUT2D eigenvalue weighted by atomic mass is 33.1. The molecule has 0 aliphatic carbocycles. The summed E-state index contributed by atoms with van der Waals surface area (Å²) in [5.41, 5.74) is 0.959. The quantitative estimate of drug-likeness (QED) is 0.256. The molecule has 0 aromatic heterocycles. The maximum absolute atomic E-state index is 13.2. The van der Waals surface area contributed by atoms with Crippen LogP contribution in [0.15, 0.2) is 48.5 Å².